The van der Waals surface area contributed by atoms with Gasteiger partial charge >= 0.3 is 27.3 Å². The molecule has 0 heterocycles. The third kappa shape index (κ3) is 2.96. The van der Waals surface area contributed by atoms with Gasteiger partial charge in [-0.3, -0.25) is 0 Å². The third-order valence-electron chi connectivity index (χ3n) is 1.01. The molecule has 0 aliphatic carbocycles. The Hall–Kier alpha value is -0.388. The van der Waals surface area contributed by atoms with Gasteiger partial charge in [-0.05, 0) is 5.56 Å². The molecule has 0 saturated carbocycles. The fraction of sp³-hybridized carbons (Fsp3) is 0. The standard InChI is InChI=1S/C7H7NO.Pb.2H/c9-8-6-7-4-2-1-3-5-7;;;/h1-6,9H;;;. The Morgan fingerprint density at radius 2 is 1.80 bits per heavy atom. The van der Waals surface area contributed by atoms with Gasteiger partial charge in [0, 0.05) is 0 Å². The van der Waals surface area contributed by atoms with E-state index in [0.717, 1.165) is 5.56 Å². The Morgan fingerprint density at radius 3 is 2.30 bits per heavy atom. The molecule has 0 bridgehead atoms. The van der Waals surface area contributed by atoms with E-state index in [1.54, 1.807) is 0 Å². The van der Waals surface area contributed by atoms with E-state index in [1.165, 1.54) is 6.21 Å². The van der Waals surface area contributed by atoms with Gasteiger partial charge in [0.15, 0.2) is 0 Å². The molecule has 0 aliphatic heterocycles. The van der Waals surface area contributed by atoms with Gasteiger partial charge in [-0.25, -0.2) is 0 Å². The van der Waals surface area contributed by atoms with E-state index in [9.17, 15) is 0 Å². The van der Waals surface area contributed by atoms with E-state index in [4.69, 9.17) is 5.21 Å². The third-order valence-corrected chi connectivity index (χ3v) is 1.01. The van der Waals surface area contributed by atoms with Crippen LogP contribution in [0.15, 0.2) is 35.5 Å². The van der Waals surface area contributed by atoms with E-state index >= 15 is 0 Å². The van der Waals surface area contributed by atoms with Crippen molar-refractivity contribution in [2.24, 2.45) is 5.16 Å². The van der Waals surface area contributed by atoms with Crippen LogP contribution in [-0.4, -0.2) is 38.7 Å². The van der Waals surface area contributed by atoms with Crippen LogP contribution in [0.5, 0.6) is 0 Å². The number of benzene rings is 1. The molecule has 2 nitrogen and oxygen atoms in total. The summed E-state index contributed by atoms with van der Waals surface area (Å²) in [7, 11) is 0. The normalized spacial score (nSPS) is 9.20. The van der Waals surface area contributed by atoms with Gasteiger partial charge in [0.1, 0.15) is 0 Å². The van der Waals surface area contributed by atoms with Crippen molar-refractivity contribution in [3.05, 3.63) is 35.9 Å². The van der Waals surface area contributed by atoms with Crippen LogP contribution in [0.4, 0.5) is 0 Å². The average molecular weight is 330 g/mol. The van der Waals surface area contributed by atoms with Crippen LogP contribution in [0, 0.1) is 0 Å². The van der Waals surface area contributed by atoms with Gasteiger partial charge in [-0.1, -0.05) is 35.5 Å². The zero-order valence-electron chi connectivity index (χ0n) is 5.57. The summed E-state index contributed by atoms with van der Waals surface area (Å²) >= 11 is 0. The van der Waals surface area contributed by atoms with E-state index < -0.39 is 0 Å². The first-order valence-electron chi connectivity index (χ1n) is 2.66. The van der Waals surface area contributed by atoms with Crippen molar-refractivity contribution < 1.29 is 5.21 Å². The van der Waals surface area contributed by atoms with Crippen molar-refractivity contribution in [1.29, 1.82) is 0 Å². The van der Waals surface area contributed by atoms with Crippen LogP contribution in [0.25, 0.3) is 0 Å². The fourth-order valence-electron chi connectivity index (χ4n) is 0.606. The summed E-state index contributed by atoms with van der Waals surface area (Å²) in [6, 6.07) is 9.40. The van der Waals surface area contributed by atoms with E-state index in [1.807, 2.05) is 30.3 Å². The minimum absolute atomic E-state index is 0. The first kappa shape index (κ1) is 9.61. The average Bonchev–Trinajstić information content (AvgIpc) is 1.91. The van der Waals surface area contributed by atoms with Crippen LogP contribution in [0.2, 0.25) is 0 Å². The molecule has 0 unspecified atom stereocenters. The molecule has 1 aromatic rings. The zero-order valence-corrected chi connectivity index (χ0v) is 11.1. The first-order valence-corrected chi connectivity index (χ1v) is 2.66. The Kier molecular flexibility index (Phi) is 5.19. The Morgan fingerprint density at radius 1 is 1.20 bits per heavy atom. The van der Waals surface area contributed by atoms with Gasteiger partial charge in [0.05, 0.1) is 6.21 Å². The van der Waals surface area contributed by atoms with E-state index in [2.05, 4.69) is 5.16 Å². The van der Waals surface area contributed by atoms with Crippen molar-refractivity contribution >= 4 is 33.5 Å². The summed E-state index contributed by atoms with van der Waals surface area (Å²) in [4.78, 5) is 0. The topological polar surface area (TPSA) is 32.6 Å². The summed E-state index contributed by atoms with van der Waals surface area (Å²) in [6.45, 7) is 0. The number of nitrogens with zero attached hydrogens (tertiary/aromatic N) is 1. The fourth-order valence-corrected chi connectivity index (χ4v) is 0.606. The predicted molar refractivity (Wildman–Crippen MR) is 44.4 cm³/mol. The monoisotopic (exact) mass is 331 g/mol. The molecule has 0 amide bonds. The Bertz CT molecular complexity index is 198. The van der Waals surface area contributed by atoms with Gasteiger partial charge in [-0.2, -0.15) is 0 Å². The molecule has 52 valence electrons. The molecular formula is C7H9NOPb. The molecule has 1 rings (SSSR count). The van der Waals surface area contributed by atoms with Gasteiger partial charge < -0.3 is 5.21 Å². The van der Waals surface area contributed by atoms with Crippen molar-refractivity contribution in [1.82, 2.24) is 0 Å². The summed E-state index contributed by atoms with van der Waals surface area (Å²) in [5, 5.41) is 11.0. The van der Waals surface area contributed by atoms with Crippen LogP contribution < -0.4 is 0 Å². The van der Waals surface area contributed by atoms with Crippen LogP contribution in [0.1, 0.15) is 5.56 Å². The molecular weight excluding hydrogens is 321 g/mol. The summed E-state index contributed by atoms with van der Waals surface area (Å²) < 4.78 is 0. The Labute approximate surface area is 79.7 Å². The Balaban J connectivity index is 0.000000810. The van der Waals surface area contributed by atoms with Crippen LogP contribution >= 0.6 is 0 Å². The molecule has 2 radical (unpaired) electrons. The quantitative estimate of drug-likeness (QED) is 0.347. The molecule has 0 fully saturated rings. The summed E-state index contributed by atoms with van der Waals surface area (Å²) in [5.41, 5.74) is 0.903. The van der Waals surface area contributed by atoms with E-state index in [-0.39, 0.29) is 27.3 Å². The maximum atomic E-state index is 8.09. The molecule has 1 aromatic carbocycles. The number of hydrogen-bond donors (Lipinski definition) is 1. The molecule has 0 saturated heterocycles. The number of rotatable bonds is 1. The SMILES string of the molecule is ON=Cc1ccccc1.[PbH2]. The second-order valence-corrected chi connectivity index (χ2v) is 1.66. The van der Waals surface area contributed by atoms with E-state index in [0.29, 0.717) is 0 Å². The van der Waals surface area contributed by atoms with Gasteiger partial charge in [0.25, 0.3) is 0 Å². The molecule has 0 atom stereocenters. The molecule has 0 spiro atoms. The summed E-state index contributed by atoms with van der Waals surface area (Å²) in [6.07, 6.45) is 1.39. The van der Waals surface area contributed by atoms with Crippen LogP contribution in [0.3, 0.4) is 0 Å². The van der Waals surface area contributed by atoms with Crippen molar-refractivity contribution in [2.75, 3.05) is 0 Å². The molecule has 0 aliphatic rings. The predicted octanol–water partition coefficient (Wildman–Crippen LogP) is 0.578. The van der Waals surface area contributed by atoms with Crippen molar-refractivity contribution in [3.8, 4) is 0 Å². The number of hydrogen-bond acceptors (Lipinski definition) is 2. The van der Waals surface area contributed by atoms with Crippen molar-refractivity contribution in [3.63, 3.8) is 0 Å². The molecule has 0 aromatic heterocycles. The van der Waals surface area contributed by atoms with Crippen molar-refractivity contribution in [2.45, 2.75) is 0 Å². The minimum atomic E-state index is 0. The van der Waals surface area contributed by atoms with Gasteiger partial charge in [0.2, 0.25) is 0 Å². The maximum absolute atomic E-state index is 8.09. The second kappa shape index (κ2) is 5.40. The number of oxime groups is 1. The second-order valence-electron chi connectivity index (χ2n) is 1.66. The first-order chi connectivity index (χ1) is 4.43. The zero-order chi connectivity index (χ0) is 6.53. The molecule has 3 heteroatoms. The molecule has 10 heavy (non-hydrogen) atoms. The van der Waals surface area contributed by atoms with Crippen LogP contribution in [-0.2, 0) is 0 Å². The van der Waals surface area contributed by atoms with Gasteiger partial charge in [-0.15, -0.1) is 0 Å². The molecule has 1 N–H and O–H groups in total. The summed E-state index contributed by atoms with van der Waals surface area (Å²) in [5.74, 6) is 0.